The molecule has 0 radical (unpaired) electrons. The summed E-state index contributed by atoms with van der Waals surface area (Å²) < 4.78 is 69.0. The molecule has 0 aliphatic heterocycles. The number of nitrogens with zero attached hydrogens (tertiary/aromatic N) is 2. The average molecular weight is 624 g/mol. The zero-order valence-electron chi connectivity index (χ0n) is 23.5. The first-order valence-corrected chi connectivity index (χ1v) is 15.1. The van der Waals surface area contributed by atoms with Gasteiger partial charge in [-0.05, 0) is 68.3 Å². The minimum atomic E-state index is -4.75. The molecule has 2 amide bonds. The van der Waals surface area contributed by atoms with E-state index in [1.54, 1.807) is 43.3 Å². The van der Waals surface area contributed by atoms with Crippen LogP contribution in [0.2, 0.25) is 5.02 Å². The molecule has 3 aromatic rings. The lowest BCUT2D eigenvalue weighted by molar-refractivity contribution is -0.139. The Labute approximate surface area is 249 Å². The van der Waals surface area contributed by atoms with Crippen LogP contribution in [0.1, 0.15) is 43.4 Å². The van der Waals surface area contributed by atoms with Crippen LogP contribution >= 0.6 is 11.6 Å². The Morgan fingerprint density at radius 3 is 2.29 bits per heavy atom. The van der Waals surface area contributed by atoms with Crippen LogP contribution in [0.4, 0.5) is 18.9 Å². The van der Waals surface area contributed by atoms with E-state index in [0.717, 1.165) is 30.5 Å². The highest BCUT2D eigenvalue weighted by Crippen LogP contribution is 2.33. The largest absolute Gasteiger partial charge is 0.416 e. The van der Waals surface area contributed by atoms with Crippen LogP contribution in [0.3, 0.4) is 0 Å². The zero-order chi connectivity index (χ0) is 31.1. The van der Waals surface area contributed by atoms with Gasteiger partial charge in [0.05, 0.1) is 16.1 Å². The Bertz CT molecular complexity index is 1500. The molecule has 0 saturated carbocycles. The minimum Gasteiger partial charge on any atom is -0.354 e. The highest BCUT2D eigenvalue weighted by atomic mass is 35.5. The summed E-state index contributed by atoms with van der Waals surface area (Å²) in [7, 11) is -4.51. The number of benzene rings is 3. The van der Waals surface area contributed by atoms with Crippen molar-refractivity contribution in [2.45, 2.75) is 57.3 Å². The monoisotopic (exact) mass is 623 g/mol. The highest BCUT2D eigenvalue weighted by Gasteiger charge is 2.35. The summed E-state index contributed by atoms with van der Waals surface area (Å²) in [5.41, 5.74) is -0.0696. The molecule has 3 aromatic carbocycles. The van der Waals surface area contributed by atoms with Gasteiger partial charge in [0, 0.05) is 18.1 Å². The Morgan fingerprint density at radius 2 is 1.67 bits per heavy atom. The maximum atomic E-state index is 13.9. The molecular formula is C30H33ClF3N3O4S. The molecule has 1 N–H and O–H groups in total. The minimum absolute atomic E-state index is 0.0945. The molecule has 226 valence electrons. The first-order valence-electron chi connectivity index (χ1n) is 13.3. The Balaban J connectivity index is 2.07. The fraction of sp³-hybridized carbons (Fsp3) is 0.333. The van der Waals surface area contributed by atoms with E-state index >= 15 is 0 Å². The van der Waals surface area contributed by atoms with Gasteiger partial charge in [-0.1, -0.05) is 60.8 Å². The molecular weight excluding hydrogens is 591 g/mol. The summed E-state index contributed by atoms with van der Waals surface area (Å²) in [5.74, 6) is -1.24. The van der Waals surface area contributed by atoms with Crippen LogP contribution in [0.25, 0.3) is 0 Å². The molecule has 0 aliphatic rings. The van der Waals surface area contributed by atoms with Crippen molar-refractivity contribution >= 4 is 39.1 Å². The van der Waals surface area contributed by atoms with E-state index in [9.17, 15) is 31.2 Å². The van der Waals surface area contributed by atoms with Gasteiger partial charge in [0.25, 0.3) is 10.0 Å². The Kier molecular flexibility index (Phi) is 11.0. The van der Waals surface area contributed by atoms with Crippen molar-refractivity contribution in [3.63, 3.8) is 0 Å². The third-order valence-corrected chi connectivity index (χ3v) is 8.61. The molecule has 0 saturated heterocycles. The topological polar surface area (TPSA) is 86.8 Å². The van der Waals surface area contributed by atoms with Gasteiger partial charge in [-0.15, -0.1) is 0 Å². The number of carbonyl (C=O) groups is 2. The summed E-state index contributed by atoms with van der Waals surface area (Å²) in [6.07, 6.45) is -3.19. The van der Waals surface area contributed by atoms with Crippen LogP contribution in [0.5, 0.6) is 0 Å². The molecule has 12 heteroatoms. The van der Waals surface area contributed by atoms with Crippen molar-refractivity contribution in [2.24, 2.45) is 0 Å². The average Bonchev–Trinajstić information content (AvgIpc) is 2.94. The van der Waals surface area contributed by atoms with E-state index in [2.05, 4.69) is 5.32 Å². The third-order valence-electron chi connectivity index (χ3n) is 6.59. The summed E-state index contributed by atoms with van der Waals surface area (Å²) in [4.78, 5) is 27.9. The predicted molar refractivity (Wildman–Crippen MR) is 157 cm³/mol. The van der Waals surface area contributed by atoms with E-state index in [1.165, 1.54) is 30.0 Å². The molecule has 0 heterocycles. The number of nitrogens with one attached hydrogen (secondary N) is 1. The zero-order valence-corrected chi connectivity index (χ0v) is 25.1. The fourth-order valence-electron chi connectivity index (χ4n) is 4.15. The molecule has 7 nitrogen and oxygen atoms in total. The maximum Gasteiger partial charge on any atom is 0.416 e. The van der Waals surface area contributed by atoms with Gasteiger partial charge in [-0.25, -0.2) is 8.42 Å². The smallest absolute Gasteiger partial charge is 0.354 e. The van der Waals surface area contributed by atoms with Crippen molar-refractivity contribution < 1.29 is 31.2 Å². The highest BCUT2D eigenvalue weighted by molar-refractivity contribution is 7.92. The van der Waals surface area contributed by atoms with Crippen molar-refractivity contribution in [1.82, 2.24) is 10.2 Å². The standard InChI is InChI=1S/C30H33ClF3N3O4S/c1-4-5-16-35-29(39)22(3)36(19-23-8-6-10-25(31)17-23)28(38)20-37(26-11-7-9-24(18-26)30(32,33)34)42(40,41)27-14-12-21(2)13-15-27/h6-15,17-18,22H,4-5,16,19-20H2,1-3H3,(H,35,39). The molecule has 0 spiro atoms. The summed E-state index contributed by atoms with van der Waals surface area (Å²) >= 11 is 6.13. The van der Waals surface area contributed by atoms with Gasteiger partial charge in [0.2, 0.25) is 11.8 Å². The lowest BCUT2D eigenvalue weighted by Crippen LogP contribution is -2.51. The second-order valence-corrected chi connectivity index (χ2v) is 12.1. The van der Waals surface area contributed by atoms with E-state index in [4.69, 9.17) is 11.6 Å². The summed E-state index contributed by atoms with van der Waals surface area (Å²) in [6, 6.07) is 15.1. The van der Waals surface area contributed by atoms with Gasteiger partial charge >= 0.3 is 6.18 Å². The Hall–Kier alpha value is -3.57. The first kappa shape index (κ1) is 32.9. The number of alkyl halides is 3. The van der Waals surface area contributed by atoms with Gasteiger partial charge in [-0.2, -0.15) is 13.2 Å². The number of hydrogen-bond donors (Lipinski definition) is 1. The first-order chi connectivity index (χ1) is 19.7. The second-order valence-electron chi connectivity index (χ2n) is 9.84. The molecule has 0 bridgehead atoms. The lowest BCUT2D eigenvalue weighted by atomic mass is 10.1. The number of aryl methyl sites for hydroxylation is 1. The van der Waals surface area contributed by atoms with E-state index in [1.807, 2.05) is 6.92 Å². The Morgan fingerprint density at radius 1 is 1.00 bits per heavy atom. The molecule has 0 aliphatic carbocycles. The van der Waals surface area contributed by atoms with Crippen LogP contribution < -0.4 is 9.62 Å². The van der Waals surface area contributed by atoms with Crippen LogP contribution in [-0.2, 0) is 32.3 Å². The number of rotatable bonds is 12. The molecule has 1 unspecified atom stereocenters. The third kappa shape index (κ3) is 8.48. The molecule has 3 rings (SSSR count). The van der Waals surface area contributed by atoms with Gasteiger partial charge in [0.15, 0.2) is 0 Å². The lowest BCUT2D eigenvalue weighted by Gasteiger charge is -2.32. The SMILES string of the molecule is CCCCNC(=O)C(C)N(Cc1cccc(Cl)c1)C(=O)CN(c1cccc(C(F)(F)F)c1)S(=O)(=O)c1ccc(C)cc1. The van der Waals surface area contributed by atoms with Gasteiger partial charge < -0.3 is 10.2 Å². The normalized spacial score (nSPS) is 12.5. The van der Waals surface area contributed by atoms with E-state index < -0.39 is 46.2 Å². The maximum absolute atomic E-state index is 13.9. The molecule has 0 fully saturated rings. The fourth-order valence-corrected chi connectivity index (χ4v) is 5.77. The van der Waals surface area contributed by atoms with Crippen LogP contribution in [0.15, 0.2) is 77.7 Å². The van der Waals surface area contributed by atoms with E-state index in [-0.39, 0.29) is 17.1 Å². The number of halogens is 4. The van der Waals surface area contributed by atoms with Gasteiger partial charge in [-0.3, -0.25) is 13.9 Å². The van der Waals surface area contributed by atoms with Crippen molar-refractivity contribution in [3.05, 3.63) is 94.5 Å². The number of unbranched alkanes of at least 4 members (excludes halogenated alkanes) is 1. The van der Waals surface area contributed by atoms with E-state index in [0.29, 0.717) is 27.5 Å². The molecule has 42 heavy (non-hydrogen) atoms. The quantitative estimate of drug-likeness (QED) is 0.244. The molecule has 1 atom stereocenters. The molecule has 0 aromatic heterocycles. The summed E-state index contributed by atoms with van der Waals surface area (Å²) in [5, 5.41) is 3.17. The number of anilines is 1. The number of sulfonamides is 1. The van der Waals surface area contributed by atoms with Crippen molar-refractivity contribution in [1.29, 1.82) is 0 Å². The van der Waals surface area contributed by atoms with Crippen LogP contribution in [0, 0.1) is 6.92 Å². The number of amides is 2. The van der Waals surface area contributed by atoms with Gasteiger partial charge in [0.1, 0.15) is 12.6 Å². The van der Waals surface area contributed by atoms with Crippen LogP contribution in [-0.4, -0.2) is 44.3 Å². The second kappa shape index (κ2) is 14.1. The number of carbonyl (C=O) groups excluding carboxylic acids is 2. The predicted octanol–water partition coefficient (Wildman–Crippen LogP) is 6.20. The van der Waals surface area contributed by atoms with Crippen molar-refractivity contribution in [2.75, 3.05) is 17.4 Å². The van der Waals surface area contributed by atoms with Crippen molar-refractivity contribution in [3.8, 4) is 0 Å². The number of hydrogen-bond acceptors (Lipinski definition) is 4. The summed E-state index contributed by atoms with van der Waals surface area (Å²) in [6.45, 7) is 4.66.